The van der Waals surface area contributed by atoms with E-state index >= 15 is 0 Å². The molecule has 2 aliphatic heterocycles. The van der Waals surface area contributed by atoms with Gasteiger partial charge in [-0.3, -0.25) is 19.2 Å². The Morgan fingerprint density at radius 3 is 2.31 bits per heavy atom. The standard InChI is InChI=1S/C23H32F3N5O4.CH4/c1-21(2,3)16(30-20(35)23(24,25)26)19(34)31-10-13-14(22(13,4)5)15(31)18(33)29-12(9-27)8-11-6-7-28-17(11)32;/h11-16H,6-8,10H2,1-5H3,(H,28,32)(H,29,33)(H,30,35);1H4/t11-,12-,13-,14-,15-,16+;/m0./s1. The first-order valence-corrected chi connectivity index (χ1v) is 11.7. The Labute approximate surface area is 209 Å². The van der Waals surface area contributed by atoms with Crippen molar-refractivity contribution in [2.45, 2.75) is 79.2 Å². The van der Waals surface area contributed by atoms with Crippen LogP contribution in [0.2, 0.25) is 0 Å². The molecule has 3 aliphatic rings. The van der Waals surface area contributed by atoms with Crippen molar-refractivity contribution in [3.63, 3.8) is 0 Å². The van der Waals surface area contributed by atoms with Gasteiger partial charge < -0.3 is 20.9 Å². The zero-order valence-corrected chi connectivity index (χ0v) is 20.5. The molecular formula is C24H36F3N5O4. The van der Waals surface area contributed by atoms with Crippen LogP contribution < -0.4 is 16.0 Å². The van der Waals surface area contributed by atoms with Crippen LogP contribution in [-0.4, -0.2) is 65.9 Å². The van der Waals surface area contributed by atoms with Gasteiger partial charge in [-0.25, -0.2) is 0 Å². The van der Waals surface area contributed by atoms with Gasteiger partial charge in [-0.1, -0.05) is 42.0 Å². The Kier molecular flexibility index (Phi) is 8.08. The quantitative estimate of drug-likeness (QED) is 0.496. The van der Waals surface area contributed by atoms with Gasteiger partial charge in [0, 0.05) is 19.0 Å². The van der Waals surface area contributed by atoms with Crippen LogP contribution in [-0.2, 0) is 19.2 Å². The van der Waals surface area contributed by atoms with Gasteiger partial charge in [-0.05, 0) is 35.5 Å². The molecule has 0 aromatic heterocycles. The summed E-state index contributed by atoms with van der Waals surface area (Å²) in [5, 5.41) is 16.7. The number of hydrogen-bond acceptors (Lipinski definition) is 5. The predicted octanol–water partition coefficient (Wildman–Crippen LogP) is 1.73. The number of piperidine rings is 1. The topological polar surface area (TPSA) is 131 Å². The molecule has 4 amide bonds. The van der Waals surface area contributed by atoms with E-state index in [1.54, 1.807) is 5.32 Å². The van der Waals surface area contributed by atoms with Crippen molar-refractivity contribution in [3.8, 4) is 6.07 Å². The molecule has 9 nitrogen and oxygen atoms in total. The van der Waals surface area contributed by atoms with Crippen molar-refractivity contribution >= 4 is 23.6 Å². The Balaban J connectivity index is 0.00000456. The van der Waals surface area contributed by atoms with Crippen LogP contribution in [0.1, 0.15) is 54.9 Å². The fourth-order valence-corrected chi connectivity index (χ4v) is 5.40. The van der Waals surface area contributed by atoms with Crippen molar-refractivity contribution in [1.29, 1.82) is 5.26 Å². The lowest BCUT2D eigenvalue weighted by molar-refractivity contribution is -0.176. The number of amides is 4. The summed E-state index contributed by atoms with van der Waals surface area (Å²) in [7, 11) is 0. The molecule has 3 rings (SSSR count). The second kappa shape index (κ2) is 9.90. The first-order valence-electron chi connectivity index (χ1n) is 11.7. The van der Waals surface area contributed by atoms with Crippen LogP contribution in [0.25, 0.3) is 0 Å². The molecule has 0 bridgehead atoms. The average Bonchev–Trinajstić information content (AvgIpc) is 3.10. The number of carbonyl (C=O) groups excluding carboxylic acids is 4. The molecule has 0 aromatic rings. The van der Waals surface area contributed by atoms with Crippen molar-refractivity contribution in [2.24, 2.45) is 28.6 Å². The molecule has 0 unspecified atom stereocenters. The lowest BCUT2D eigenvalue weighted by atomic mass is 9.85. The average molecular weight is 516 g/mol. The maximum absolute atomic E-state index is 13.5. The van der Waals surface area contributed by atoms with Crippen molar-refractivity contribution in [1.82, 2.24) is 20.9 Å². The van der Waals surface area contributed by atoms with Crippen LogP contribution in [0.15, 0.2) is 0 Å². The zero-order valence-electron chi connectivity index (χ0n) is 20.5. The fraction of sp³-hybridized carbons (Fsp3) is 0.792. The largest absolute Gasteiger partial charge is 0.471 e. The van der Waals surface area contributed by atoms with Gasteiger partial charge in [-0.15, -0.1) is 0 Å². The Bertz CT molecular complexity index is 953. The van der Waals surface area contributed by atoms with E-state index in [4.69, 9.17) is 0 Å². The Hall–Kier alpha value is -2.84. The summed E-state index contributed by atoms with van der Waals surface area (Å²) in [5.74, 6) is -4.46. The molecule has 36 heavy (non-hydrogen) atoms. The molecule has 0 spiro atoms. The maximum Gasteiger partial charge on any atom is 0.471 e. The number of carbonyl (C=O) groups is 4. The first kappa shape index (κ1) is 29.4. The van der Waals surface area contributed by atoms with Gasteiger partial charge in [0.1, 0.15) is 18.1 Å². The minimum absolute atomic E-state index is 0. The minimum atomic E-state index is -5.16. The molecule has 0 radical (unpaired) electrons. The Morgan fingerprint density at radius 2 is 1.83 bits per heavy atom. The summed E-state index contributed by atoms with van der Waals surface area (Å²) < 4.78 is 38.8. The smallest absolute Gasteiger partial charge is 0.356 e. The maximum atomic E-state index is 13.5. The molecule has 202 valence electrons. The second-order valence-corrected chi connectivity index (χ2v) is 11.4. The number of hydrogen-bond donors (Lipinski definition) is 3. The van der Waals surface area contributed by atoms with Crippen molar-refractivity contribution in [3.05, 3.63) is 0 Å². The molecule has 0 aromatic carbocycles. The first-order chi connectivity index (χ1) is 16.0. The van der Waals surface area contributed by atoms with Crippen LogP contribution in [0, 0.1) is 39.9 Å². The number of likely N-dealkylation sites (tertiary alicyclic amines) is 1. The molecule has 2 heterocycles. The molecule has 1 aliphatic carbocycles. The van der Waals surface area contributed by atoms with E-state index in [0.29, 0.717) is 13.0 Å². The lowest BCUT2D eigenvalue weighted by Crippen LogP contribution is -2.61. The summed E-state index contributed by atoms with van der Waals surface area (Å²) in [6, 6.07) is -1.48. The van der Waals surface area contributed by atoms with Gasteiger partial charge >= 0.3 is 12.1 Å². The summed E-state index contributed by atoms with van der Waals surface area (Å²) in [6.45, 7) is 9.13. The van der Waals surface area contributed by atoms with Gasteiger partial charge in [-0.2, -0.15) is 18.4 Å². The number of rotatable bonds is 6. The molecule has 3 N–H and O–H groups in total. The molecule has 1 saturated carbocycles. The molecule has 6 atom stereocenters. The summed E-state index contributed by atoms with van der Waals surface area (Å²) in [4.78, 5) is 51.6. The van der Waals surface area contributed by atoms with Crippen LogP contribution >= 0.6 is 0 Å². The third-order valence-electron chi connectivity index (χ3n) is 7.56. The molecular weight excluding hydrogens is 479 g/mol. The normalized spacial score (nSPS) is 28.1. The van der Waals surface area contributed by atoms with Crippen LogP contribution in [0.5, 0.6) is 0 Å². The minimum Gasteiger partial charge on any atom is -0.356 e. The van der Waals surface area contributed by atoms with E-state index in [2.05, 4.69) is 10.6 Å². The van der Waals surface area contributed by atoms with Gasteiger partial charge in [0.05, 0.1) is 6.07 Å². The van der Waals surface area contributed by atoms with E-state index < -0.39 is 53.4 Å². The highest BCUT2D eigenvalue weighted by Gasteiger charge is 2.70. The van der Waals surface area contributed by atoms with Gasteiger partial charge in [0.15, 0.2) is 0 Å². The molecule has 3 fully saturated rings. The van der Waals surface area contributed by atoms with Crippen molar-refractivity contribution in [2.75, 3.05) is 13.1 Å². The van der Waals surface area contributed by atoms with E-state index in [1.807, 2.05) is 19.9 Å². The van der Waals surface area contributed by atoms with Gasteiger partial charge in [0.25, 0.3) is 0 Å². The predicted molar refractivity (Wildman–Crippen MR) is 124 cm³/mol. The highest BCUT2D eigenvalue weighted by molar-refractivity contribution is 5.95. The third-order valence-corrected chi connectivity index (χ3v) is 7.56. The summed E-state index contributed by atoms with van der Waals surface area (Å²) >= 11 is 0. The van der Waals surface area contributed by atoms with E-state index in [9.17, 15) is 37.6 Å². The summed E-state index contributed by atoms with van der Waals surface area (Å²) in [5.41, 5.74) is -1.33. The number of alkyl halides is 3. The van der Waals surface area contributed by atoms with Crippen LogP contribution in [0.4, 0.5) is 13.2 Å². The van der Waals surface area contributed by atoms with E-state index in [0.717, 1.165) is 0 Å². The molecule has 12 heteroatoms. The zero-order chi connectivity index (χ0) is 26.5. The second-order valence-electron chi connectivity index (χ2n) is 11.4. The number of halogens is 3. The van der Waals surface area contributed by atoms with Crippen molar-refractivity contribution < 1.29 is 32.3 Å². The number of fused-ring (bicyclic) bond motifs is 1. The number of nitrogens with zero attached hydrogens (tertiary/aromatic N) is 2. The summed E-state index contributed by atoms with van der Waals surface area (Å²) in [6.07, 6.45) is -4.49. The van der Waals surface area contributed by atoms with E-state index in [1.165, 1.54) is 25.7 Å². The SMILES string of the molecule is C.CC(C)(C)[C@H](NC(=O)C(F)(F)F)C(=O)N1C[C@H]2[C@@H]([C@H]1C(=O)N[C@H](C#N)C[C@@H]1CCNC1=O)C2(C)C. The number of nitrogens with one attached hydrogen (secondary N) is 3. The lowest BCUT2D eigenvalue weighted by Gasteiger charge is -2.37. The number of nitriles is 1. The molecule has 2 saturated heterocycles. The monoisotopic (exact) mass is 515 g/mol. The van der Waals surface area contributed by atoms with Gasteiger partial charge in [0.2, 0.25) is 17.7 Å². The highest BCUT2D eigenvalue weighted by Crippen LogP contribution is 2.65. The highest BCUT2D eigenvalue weighted by atomic mass is 19.4. The van der Waals surface area contributed by atoms with Crippen LogP contribution in [0.3, 0.4) is 0 Å². The Morgan fingerprint density at radius 1 is 1.22 bits per heavy atom. The van der Waals surface area contributed by atoms with E-state index in [-0.39, 0.29) is 43.6 Å². The fourth-order valence-electron chi connectivity index (χ4n) is 5.40. The third kappa shape index (κ3) is 5.60.